The highest BCUT2D eigenvalue weighted by Crippen LogP contribution is 2.37. The molecule has 0 aliphatic carbocycles. The number of fused-ring (bicyclic) bond motifs is 1. The molecule has 2 aromatic heterocycles. The molecule has 5 heteroatoms. The van der Waals surface area contributed by atoms with E-state index in [0.29, 0.717) is 5.92 Å². The topological polar surface area (TPSA) is 53.7 Å². The lowest BCUT2D eigenvalue weighted by Gasteiger charge is -2.43. The van der Waals surface area contributed by atoms with E-state index in [4.69, 9.17) is 0 Å². The molecule has 2 aromatic rings. The van der Waals surface area contributed by atoms with Crippen LogP contribution in [0.4, 0.5) is 5.82 Å². The van der Waals surface area contributed by atoms with E-state index in [9.17, 15) is 5.11 Å². The van der Waals surface area contributed by atoms with Crippen molar-refractivity contribution in [1.82, 2.24) is 14.6 Å². The second-order valence-electron chi connectivity index (χ2n) is 7.34. The number of hydrogen-bond donors (Lipinski definition) is 1. The molecule has 5 nitrogen and oxygen atoms in total. The van der Waals surface area contributed by atoms with Crippen LogP contribution in [-0.2, 0) is 6.42 Å². The molecule has 126 valence electrons. The lowest BCUT2D eigenvalue weighted by atomic mass is 9.74. The van der Waals surface area contributed by atoms with Crippen molar-refractivity contribution in [2.75, 3.05) is 24.6 Å². The van der Waals surface area contributed by atoms with E-state index in [2.05, 4.69) is 41.8 Å². The van der Waals surface area contributed by atoms with E-state index in [1.807, 2.05) is 16.8 Å². The number of aryl methyl sites for hydroxylation is 1. The molecule has 1 aliphatic heterocycles. The van der Waals surface area contributed by atoms with Crippen molar-refractivity contribution in [3.8, 4) is 0 Å². The minimum absolute atomic E-state index is 0.00153. The molecule has 1 saturated heterocycles. The second kappa shape index (κ2) is 6.48. The van der Waals surface area contributed by atoms with Crippen molar-refractivity contribution < 1.29 is 5.11 Å². The zero-order valence-electron chi connectivity index (χ0n) is 14.5. The molecular formula is C18H28N4O. The van der Waals surface area contributed by atoms with Gasteiger partial charge < -0.3 is 10.0 Å². The average molecular weight is 316 g/mol. The fraction of sp³-hybridized carbons (Fsp3) is 0.667. The van der Waals surface area contributed by atoms with Gasteiger partial charge in [0.2, 0.25) is 0 Å². The summed E-state index contributed by atoms with van der Waals surface area (Å²) >= 11 is 0. The van der Waals surface area contributed by atoms with Crippen LogP contribution >= 0.6 is 0 Å². The van der Waals surface area contributed by atoms with Gasteiger partial charge in [-0.25, -0.2) is 4.98 Å². The molecule has 0 radical (unpaired) electrons. The molecule has 0 saturated carbocycles. The molecule has 3 rings (SSSR count). The maximum Gasteiger partial charge on any atom is 0.157 e. The van der Waals surface area contributed by atoms with Crippen LogP contribution in [0.1, 0.15) is 45.7 Å². The Bertz CT molecular complexity index is 666. The summed E-state index contributed by atoms with van der Waals surface area (Å²) in [5, 5.41) is 14.5. The number of aliphatic hydroxyl groups excluding tert-OH is 1. The van der Waals surface area contributed by atoms with Crippen LogP contribution in [0.15, 0.2) is 18.3 Å². The Labute approximate surface area is 138 Å². The quantitative estimate of drug-likeness (QED) is 0.921. The first-order valence-corrected chi connectivity index (χ1v) is 8.76. The highest BCUT2D eigenvalue weighted by molar-refractivity contribution is 5.51. The third kappa shape index (κ3) is 3.20. The summed E-state index contributed by atoms with van der Waals surface area (Å²) in [5.41, 5.74) is 2.00. The Morgan fingerprint density at radius 2 is 2.22 bits per heavy atom. The molecule has 0 aromatic carbocycles. The van der Waals surface area contributed by atoms with Crippen LogP contribution < -0.4 is 4.90 Å². The lowest BCUT2D eigenvalue weighted by molar-refractivity contribution is 0.0829. The highest BCUT2D eigenvalue weighted by atomic mass is 16.3. The van der Waals surface area contributed by atoms with Crippen LogP contribution in [0, 0.1) is 11.3 Å². The Hall–Kier alpha value is -1.62. The van der Waals surface area contributed by atoms with E-state index in [0.717, 1.165) is 55.9 Å². The number of rotatable bonds is 5. The number of nitrogens with zero attached hydrogens (tertiary/aromatic N) is 4. The number of aromatic nitrogens is 3. The average Bonchev–Trinajstić information content (AvgIpc) is 3.01. The molecule has 23 heavy (non-hydrogen) atoms. The van der Waals surface area contributed by atoms with Gasteiger partial charge >= 0.3 is 0 Å². The standard InChI is InChI=1S/C18H28N4O/c1-4-15-10-17(22-16(20-15)6-8-19-22)21-9-5-7-18(12-21,13-23)11-14(2)3/h6,8,10,14,23H,4-5,7,9,11-13H2,1-3H3. The zero-order chi connectivity index (χ0) is 16.4. The minimum Gasteiger partial charge on any atom is -0.396 e. The molecule has 0 amide bonds. The third-order valence-corrected chi connectivity index (χ3v) is 4.92. The van der Waals surface area contributed by atoms with Gasteiger partial charge in [-0.3, -0.25) is 0 Å². The molecule has 0 spiro atoms. The van der Waals surface area contributed by atoms with Gasteiger partial charge in [0.05, 0.1) is 12.8 Å². The van der Waals surface area contributed by atoms with Crippen molar-refractivity contribution in [1.29, 1.82) is 0 Å². The minimum atomic E-state index is 0.00153. The maximum absolute atomic E-state index is 10.1. The fourth-order valence-electron chi connectivity index (χ4n) is 3.98. The molecule has 1 unspecified atom stereocenters. The first kappa shape index (κ1) is 16.2. The second-order valence-corrected chi connectivity index (χ2v) is 7.34. The van der Waals surface area contributed by atoms with Gasteiger partial charge in [0.25, 0.3) is 0 Å². The normalized spacial score (nSPS) is 22.2. The first-order chi connectivity index (χ1) is 11.1. The largest absolute Gasteiger partial charge is 0.396 e. The van der Waals surface area contributed by atoms with Crippen LogP contribution in [0.2, 0.25) is 0 Å². The third-order valence-electron chi connectivity index (χ3n) is 4.92. The molecular weight excluding hydrogens is 288 g/mol. The Kier molecular flexibility index (Phi) is 4.57. The van der Waals surface area contributed by atoms with Gasteiger partial charge in [-0.2, -0.15) is 9.61 Å². The molecule has 1 aliphatic rings. The van der Waals surface area contributed by atoms with E-state index in [1.165, 1.54) is 0 Å². The highest BCUT2D eigenvalue weighted by Gasteiger charge is 2.36. The summed E-state index contributed by atoms with van der Waals surface area (Å²) in [6.45, 7) is 8.78. The summed E-state index contributed by atoms with van der Waals surface area (Å²) in [7, 11) is 0. The predicted molar refractivity (Wildman–Crippen MR) is 92.8 cm³/mol. The maximum atomic E-state index is 10.1. The monoisotopic (exact) mass is 316 g/mol. The zero-order valence-corrected chi connectivity index (χ0v) is 14.5. The summed E-state index contributed by atoms with van der Waals surface area (Å²) in [5.74, 6) is 1.70. The summed E-state index contributed by atoms with van der Waals surface area (Å²) in [4.78, 5) is 7.03. The summed E-state index contributed by atoms with van der Waals surface area (Å²) in [6.07, 6.45) is 6.00. The number of aliphatic hydroxyl groups is 1. The Morgan fingerprint density at radius 3 is 2.91 bits per heavy atom. The first-order valence-electron chi connectivity index (χ1n) is 8.76. The molecule has 0 bridgehead atoms. The van der Waals surface area contributed by atoms with E-state index in [-0.39, 0.29) is 12.0 Å². The molecule has 1 fully saturated rings. The van der Waals surface area contributed by atoms with Gasteiger partial charge in [0.1, 0.15) is 5.82 Å². The van der Waals surface area contributed by atoms with Crippen LogP contribution in [0.5, 0.6) is 0 Å². The van der Waals surface area contributed by atoms with Crippen molar-refractivity contribution in [3.05, 3.63) is 24.0 Å². The SMILES string of the molecule is CCc1cc(N2CCCC(CO)(CC(C)C)C2)n2nccc2n1. The van der Waals surface area contributed by atoms with E-state index in [1.54, 1.807) is 0 Å². The predicted octanol–water partition coefficient (Wildman–Crippen LogP) is 2.92. The van der Waals surface area contributed by atoms with E-state index < -0.39 is 0 Å². The fourth-order valence-corrected chi connectivity index (χ4v) is 3.98. The van der Waals surface area contributed by atoms with E-state index >= 15 is 0 Å². The summed E-state index contributed by atoms with van der Waals surface area (Å²) in [6, 6.07) is 4.11. The van der Waals surface area contributed by atoms with Gasteiger partial charge in [0.15, 0.2) is 5.65 Å². The number of hydrogen-bond acceptors (Lipinski definition) is 4. The lowest BCUT2D eigenvalue weighted by Crippen LogP contribution is -2.46. The van der Waals surface area contributed by atoms with Gasteiger partial charge in [-0.1, -0.05) is 20.8 Å². The number of piperidine rings is 1. The van der Waals surface area contributed by atoms with Crippen LogP contribution in [0.25, 0.3) is 5.65 Å². The Balaban J connectivity index is 1.96. The van der Waals surface area contributed by atoms with Crippen molar-refractivity contribution in [2.45, 2.75) is 46.5 Å². The Morgan fingerprint density at radius 1 is 1.39 bits per heavy atom. The number of anilines is 1. The van der Waals surface area contributed by atoms with Crippen LogP contribution in [-0.4, -0.2) is 39.4 Å². The molecule has 1 atom stereocenters. The van der Waals surface area contributed by atoms with Gasteiger partial charge in [-0.15, -0.1) is 0 Å². The molecule has 3 heterocycles. The summed E-state index contributed by atoms with van der Waals surface area (Å²) < 4.78 is 1.93. The van der Waals surface area contributed by atoms with Gasteiger partial charge in [0, 0.05) is 36.3 Å². The smallest absolute Gasteiger partial charge is 0.157 e. The van der Waals surface area contributed by atoms with Crippen molar-refractivity contribution >= 4 is 11.5 Å². The van der Waals surface area contributed by atoms with Crippen molar-refractivity contribution in [3.63, 3.8) is 0 Å². The van der Waals surface area contributed by atoms with Crippen molar-refractivity contribution in [2.24, 2.45) is 11.3 Å². The van der Waals surface area contributed by atoms with Gasteiger partial charge in [-0.05, 0) is 31.6 Å². The molecule has 1 N–H and O–H groups in total. The van der Waals surface area contributed by atoms with Crippen LogP contribution in [0.3, 0.4) is 0 Å².